The molecule has 1 N–H and O–H groups in total. The van der Waals surface area contributed by atoms with E-state index in [1.165, 1.54) is 35.9 Å². The maximum atomic E-state index is 12.8. The van der Waals surface area contributed by atoms with Crippen LogP contribution in [0.25, 0.3) is 0 Å². The van der Waals surface area contributed by atoms with Gasteiger partial charge in [-0.2, -0.15) is 0 Å². The van der Waals surface area contributed by atoms with Gasteiger partial charge in [-0.25, -0.2) is 4.79 Å². The Hall–Kier alpha value is -3.25. The molecular formula is C19H19N5O5S2. The maximum absolute atomic E-state index is 12.8. The number of anilines is 1. The van der Waals surface area contributed by atoms with Crippen LogP contribution < -0.4 is 5.32 Å². The van der Waals surface area contributed by atoms with E-state index in [1.807, 2.05) is 6.92 Å². The van der Waals surface area contributed by atoms with Gasteiger partial charge in [0.25, 0.3) is 11.6 Å². The second kappa shape index (κ2) is 9.27. The van der Waals surface area contributed by atoms with Crippen molar-refractivity contribution in [3.05, 3.63) is 56.2 Å². The summed E-state index contributed by atoms with van der Waals surface area (Å²) in [5.41, 5.74) is 0.874. The molecule has 1 aromatic carbocycles. The lowest BCUT2D eigenvalue weighted by Crippen LogP contribution is -2.15. The Bertz CT molecular complexity index is 1170. The molecule has 0 aliphatic rings. The number of aryl methyl sites for hydroxylation is 2. The Kier molecular flexibility index (Phi) is 6.71. The van der Waals surface area contributed by atoms with Crippen LogP contribution in [0, 0.1) is 24.0 Å². The van der Waals surface area contributed by atoms with Crippen LogP contribution in [0.3, 0.4) is 0 Å². The first-order chi connectivity index (χ1) is 14.7. The second-order valence-corrected chi connectivity index (χ2v) is 8.66. The van der Waals surface area contributed by atoms with Crippen LogP contribution in [-0.4, -0.2) is 38.2 Å². The Morgan fingerprint density at radius 1 is 1.35 bits per heavy atom. The van der Waals surface area contributed by atoms with Crippen molar-refractivity contribution in [3.63, 3.8) is 0 Å². The van der Waals surface area contributed by atoms with E-state index in [0.29, 0.717) is 20.6 Å². The van der Waals surface area contributed by atoms with Crippen molar-refractivity contribution in [2.45, 2.75) is 30.8 Å². The molecule has 31 heavy (non-hydrogen) atoms. The van der Waals surface area contributed by atoms with Crippen molar-refractivity contribution in [1.29, 1.82) is 0 Å². The van der Waals surface area contributed by atoms with Crippen LogP contribution in [0.4, 0.5) is 10.7 Å². The zero-order valence-electron chi connectivity index (χ0n) is 17.2. The first kappa shape index (κ1) is 22.4. The molecule has 10 nitrogen and oxygen atoms in total. The molecule has 0 aliphatic carbocycles. The van der Waals surface area contributed by atoms with Crippen molar-refractivity contribution in [2.75, 3.05) is 11.9 Å². The Morgan fingerprint density at radius 2 is 2.10 bits per heavy atom. The van der Waals surface area contributed by atoms with E-state index >= 15 is 0 Å². The highest BCUT2D eigenvalue weighted by molar-refractivity contribution is 7.99. The number of benzene rings is 1. The number of nitro benzene ring substituents is 1. The van der Waals surface area contributed by atoms with E-state index in [9.17, 15) is 19.7 Å². The number of carbonyl (C=O) groups is 2. The topological polar surface area (TPSA) is 129 Å². The van der Waals surface area contributed by atoms with E-state index in [1.54, 1.807) is 25.5 Å². The highest BCUT2D eigenvalue weighted by Gasteiger charge is 2.24. The molecular weight excluding hydrogens is 442 g/mol. The van der Waals surface area contributed by atoms with Gasteiger partial charge in [0.05, 0.1) is 22.0 Å². The molecule has 162 valence electrons. The van der Waals surface area contributed by atoms with Gasteiger partial charge in [-0.1, -0.05) is 0 Å². The van der Waals surface area contributed by atoms with Gasteiger partial charge < -0.3 is 14.6 Å². The third-order valence-electron chi connectivity index (χ3n) is 4.38. The summed E-state index contributed by atoms with van der Waals surface area (Å²) in [4.78, 5) is 37.3. The predicted octanol–water partition coefficient (Wildman–Crippen LogP) is 3.98. The zero-order chi connectivity index (χ0) is 22.7. The molecule has 0 fully saturated rings. The SMILES string of the molecule is CCOC(=O)c1c(NC(=O)c2ccc(Sc3nncn3C)c([N+](=O)[O-])c2)sc(C)c1C. The fourth-order valence-electron chi connectivity index (χ4n) is 2.69. The maximum Gasteiger partial charge on any atom is 0.341 e. The summed E-state index contributed by atoms with van der Waals surface area (Å²) in [6.45, 7) is 5.51. The largest absolute Gasteiger partial charge is 0.462 e. The molecule has 0 atom stereocenters. The number of hydrogen-bond donors (Lipinski definition) is 1. The summed E-state index contributed by atoms with van der Waals surface area (Å²) in [6.07, 6.45) is 1.49. The van der Waals surface area contributed by atoms with Crippen LogP contribution in [0.1, 0.15) is 38.1 Å². The zero-order valence-corrected chi connectivity index (χ0v) is 18.8. The summed E-state index contributed by atoms with van der Waals surface area (Å²) in [5.74, 6) is -1.09. The molecule has 3 rings (SSSR count). The van der Waals surface area contributed by atoms with Crippen LogP contribution in [0.15, 0.2) is 34.6 Å². The number of ether oxygens (including phenoxy) is 1. The number of hydrogen-bond acceptors (Lipinski definition) is 9. The van der Waals surface area contributed by atoms with Gasteiger partial charge in [-0.3, -0.25) is 14.9 Å². The summed E-state index contributed by atoms with van der Waals surface area (Å²) in [7, 11) is 1.72. The Morgan fingerprint density at radius 3 is 2.71 bits per heavy atom. The summed E-state index contributed by atoms with van der Waals surface area (Å²) < 4.78 is 6.72. The first-order valence-electron chi connectivity index (χ1n) is 9.11. The van der Waals surface area contributed by atoms with Gasteiger partial charge in [0.2, 0.25) is 0 Å². The van der Waals surface area contributed by atoms with Gasteiger partial charge in [0, 0.05) is 23.6 Å². The second-order valence-electron chi connectivity index (χ2n) is 6.43. The van der Waals surface area contributed by atoms with Crippen LogP contribution in [-0.2, 0) is 11.8 Å². The number of rotatable bonds is 7. The lowest BCUT2D eigenvalue weighted by Gasteiger charge is -2.08. The minimum absolute atomic E-state index is 0.0903. The third-order valence-corrected chi connectivity index (χ3v) is 6.62. The molecule has 2 aromatic heterocycles. The first-order valence-corrected chi connectivity index (χ1v) is 10.7. The number of nitro groups is 1. The van der Waals surface area contributed by atoms with Crippen molar-refractivity contribution >= 4 is 45.7 Å². The van der Waals surface area contributed by atoms with Gasteiger partial charge in [0.15, 0.2) is 5.16 Å². The van der Waals surface area contributed by atoms with Crippen LogP contribution in [0.5, 0.6) is 0 Å². The third kappa shape index (κ3) is 4.75. The molecule has 1 amide bonds. The minimum atomic E-state index is -0.565. The average Bonchev–Trinajstić information content (AvgIpc) is 3.24. The molecule has 3 aromatic rings. The lowest BCUT2D eigenvalue weighted by molar-refractivity contribution is -0.387. The highest BCUT2D eigenvalue weighted by Crippen LogP contribution is 2.36. The number of esters is 1. The molecule has 2 heterocycles. The normalized spacial score (nSPS) is 10.7. The highest BCUT2D eigenvalue weighted by atomic mass is 32.2. The van der Waals surface area contributed by atoms with Crippen molar-refractivity contribution in [1.82, 2.24) is 14.8 Å². The summed E-state index contributed by atoms with van der Waals surface area (Å²) in [6, 6.07) is 4.17. The van der Waals surface area contributed by atoms with Gasteiger partial charge in [-0.15, -0.1) is 21.5 Å². The van der Waals surface area contributed by atoms with Crippen LogP contribution in [0.2, 0.25) is 0 Å². The molecule has 0 saturated heterocycles. The smallest absolute Gasteiger partial charge is 0.341 e. The molecule has 0 spiro atoms. The number of thiophene rings is 1. The fourth-order valence-corrected chi connectivity index (χ4v) is 4.58. The molecule has 0 saturated carbocycles. The van der Waals surface area contributed by atoms with Crippen molar-refractivity contribution < 1.29 is 19.2 Å². The number of nitrogens with zero attached hydrogens (tertiary/aromatic N) is 4. The van der Waals surface area contributed by atoms with Crippen LogP contribution >= 0.6 is 23.1 Å². The van der Waals surface area contributed by atoms with E-state index in [0.717, 1.165) is 22.2 Å². The monoisotopic (exact) mass is 461 g/mol. The quantitative estimate of drug-likeness (QED) is 0.318. The number of aromatic nitrogens is 3. The van der Waals surface area contributed by atoms with E-state index in [-0.39, 0.29) is 17.9 Å². The Balaban J connectivity index is 1.90. The van der Waals surface area contributed by atoms with E-state index in [4.69, 9.17) is 4.74 Å². The number of amides is 1. The van der Waals surface area contributed by atoms with Gasteiger partial charge >= 0.3 is 5.97 Å². The molecule has 0 bridgehead atoms. The average molecular weight is 462 g/mol. The molecule has 12 heteroatoms. The Labute approximate surface area is 185 Å². The van der Waals surface area contributed by atoms with Gasteiger partial charge in [0.1, 0.15) is 11.3 Å². The minimum Gasteiger partial charge on any atom is -0.462 e. The number of nitrogens with one attached hydrogen (secondary N) is 1. The standard InChI is InChI=1S/C19H19N5O5S2/c1-5-29-18(26)15-10(2)11(3)30-17(15)21-16(25)12-6-7-14(13(8-12)24(27)28)31-19-22-20-9-23(19)4/h6-9H,5H2,1-4H3,(H,21,25). The van der Waals surface area contributed by atoms with Crippen molar-refractivity contribution in [3.8, 4) is 0 Å². The molecule has 0 unspecified atom stereocenters. The van der Waals surface area contributed by atoms with E-state index in [2.05, 4.69) is 15.5 Å². The summed E-state index contributed by atoms with van der Waals surface area (Å²) in [5, 5.41) is 22.8. The molecule has 0 aliphatic heterocycles. The lowest BCUT2D eigenvalue weighted by atomic mass is 10.1. The number of carbonyl (C=O) groups excluding carboxylic acids is 2. The predicted molar refractivity (Wildman–Crippen MR) is 116 cm³/mol. The van der Waals surface area contributed by atoms with Gasteiger partial charge in [-0.05, 0) is 50.2 Å². The van der Waals surface area contributed by atoms with Crippen molar-refractivity contribution in [2.24, 2.45) is 7.05 Å². The van der Waals surface area contributed by atoms with E-state index < -0.39 is 16.8 Å². The molecule has 0 radical (unpaired) electrons. The summed E-state index contributed by atoms with van der Waals surface area (Å²) >= 11 is 2.32. The fraction of sp³-hybridized carbons (Fsp3) is 0.263.